The molecule has 1 unspecified atom stereocenters. The third-order valence-electron chi connectivity index (χ3n) is 3.47. The number of aryl methyl sites for hydroxylation is 1. The highest BCUT2D eigenvalue weighted by atomic mass is 16.4. The van der Waals surface area contributed by atoms with E-state index in [1.54, 1.807) is 11.2 Å². The number of likely N-dealkylation sites (tertiary alicyclic amines) is 1. The average molecular weight is 281 g/mol. The Morgan fingerprint density at radius 2 is 2.35 bits per heavy atom. The minimum Gasteiger partial charge on any atom is -0.481 e. The monoisotopic (exact) mass is 281 g/mol. The lowest BCUT2D eigenvalue weighted by atomic mass is 10.1. The van der Waals surface area contributed by atoms with E-state index in [4.69, 9.17) is 5.11 Å². The second-order valence-electron chi connectivity index (χ2n) is 4.89. The van der Waals surface area contributed by atoms with Crippen molar-refractivity contribution in [3.05, 3.63) is 12.2 Å². The van der Waals surface area contributed by atoms with Gasteiger partial charge in [0, 0.05) is 26.1 Å². The number of nitrogens with one attached hydrogen (secondary N) is 1. The molecule has 2 heterocycles. The van der Waals surface area contributed by atoms with Crippen molar-refractivity contribution in [3.8, 4) is 0 Å². The van der Waals surface area contributed by atoms with Gasteiger partial charge in [0.2, 0.25) is 0 Å². The van der Waals surface area contributed by atoms with Gasteiger partial charge in [0.15, 0.2) is 5.82 Å². The first-order valence-corrected chi connectivity index (χ1v) is 6.71. The minimum atomic E-state index is -0.812. The third-order valence-corrected chi connectivity index (χ3v) is 3.47. The fraction of sp³-hybridized carbons (Fsp3) is 0.667. The summed E-state index contributed by atoms with van der Waals surface area (Å²) in [5.74, 6) is -0.0482. The Hall–Kier alpha value is -2.12. The first kappa shape index (κ1) is 14.3. The third kappa shape index (κ3) is 3.46. The molecule has 0 aliphatic carbocycles. The zero-order chi connectivity index (χ0) is 14.5. The van der Waals surface area contributed by atoms with Crippen LogP contribution in [0.15, 0.2) is 6.33 Å². The van der Waals surface area contributed by atoms with E-state index in [2.05, 4.69) is 15.5 Å². The summed E-state index contributed by atoms with van der Waals surface area (Å²) in [5, 5.41) is 19.3. The summed E-state index contributed by atoms with van der Waals surface area (Å²) in [6, 6.07) is -0.177. The van der Waals surface area contributed by atoms with Crippen LogP contribution in [0, 0.1) is 5.92 Å². The van der Waals surface area contributed by atoms with Gasteiger partial charge >= 0.3 is 12.0 Å². The molecule has 0 spiro atoms. The summed E-state index contributed by atoms with van der Waals surface area (Å²) >= 11 is 0. The number of carbonyl (C=O) groups excluding carboxylic acids is 1. The second kappa shape index (κ2) is 6.36. The Bertz CT molecular complexity index is 487. The number of aromatic nitrogens is 3. The van der Waals surface area contributed by atoms with Crippen molar-refractivity contribution < 1.29 is 14.7 Å². The molecule has 1 atom stereocenters. The molecule has 0 radical (unpaired) electrons. The molecule has 0 saturated carbocycles. The molecule has 2 N–H and O–H groups in total. The van der Waals surface area contributed by atoms with Gasteiger partial charge in [-0.25, -0.2) is 4.79 Å². The molecule has 8 heteroatoms. The molecule has 1 aliphatic heterocycles. The Morgan fingerprint density at radius 1 is 1.55 bits per heavy atom. The number of rotatable bonds is 5. The first-order valence-electron chi connectivity index (χ1n) is 6.71. The van der Waals surface area contributed by atoms with Gasteiger partial charge in [-0.15, -0.1) is 10.2 Å². The number of amides is 2. The second-order valence-corrected chi connectivity index (χ2v) is 4.89. The van der Waals surface area contributed by atoms with Gasteiger partial charge in [-0.05, 0) is 19.3 Å². The van der Waals surface area contributed by atoms with E-state index in [-0.39, 0.29) is 18.4 Å². The van der Waals surface area contributed by atoms with Crippen LogP contribution in [0.5, 0.6) is 0 Å². The number of aliphatic carboxylic acids is 1. The number of carboxylic acids is 1. The summed E-state index contributed by atoms with van der Waals surface area (Å²) in [5.41, 5.74) is 0. The van der Waals surface area contributed by atoms with Crippen LogP contribution in [-0.4, -0.2) is 49.9 Å². The van der Waals surface area contributed by atoms with Crippen molar-refractivity contribution in [3.63, 3.8) is 0 Å². The van der Waals surface area contributed by atoms with Gasteiger partial charge in [0.05, 0.1) is 6.54 Å². The van der Waals surface area contributed by atoms with Crippen molar-refractivity contribution in [2.75, 3.05) is 13.1 Å². The number of hydrogen-bond acceptors (Lipinski definition) is 4. The van der Waals surface area contributed by atoms with Crippen LogP contribution in [0.2, 0.25) is 0 Å². The molecule has 1 aliphatic rings. The quantitative estimate of drug-likeness (QED) is 0.808. The van der Waals surface area contributed by atoms with Crippen molar-refractivity contribution in [1.29, 1.82) is 0 Å². The van der Waals surface area contributed by atoms with Crippen LogP contribution in [0.4, 0.5) is 4.79 Å². The Labute approximate surface area is 116 Å². The van der Waals surface area contributed by atoms with Gasteiger partial charge in [-0.3, -0.25) is 4.79 Å². The number of urea groups is 1. The summed E-state index contributed by atoms with van der Waals surface area (Å²) < 4.78 is 1.86. The smallest absolute Gasteiger partial charge is 0.317 e. The fourth-order valence-corrected chi connectivity index (χ4v) is 2.38. The molecular weight excluding hydrogens is 262 g/mol. The van der Waals surface area contributed by atoms with Crippen LogP contribution < -0.4 is 5.32 Å². The van der Waals surface area contributed by atoms with Crippen LogP contribution in [-0.2, 0) is 17.9 Å². The van der Waals surface area contributed by atoms with Crippen molar-refractivity contribution in [2.45, 2.75) is 32.9 Å². The maximum atomic E-state index is 12.0. The van der Waals surface area contributed by atoms with Crippen LogP contribution in [0.25, 0.3) is 0 Å². The molecule has 0 bridgehead atoms. The van der Waals surface area contributed by atoms with E-state index < -0.39 is 5.97 Å². The number of carboxylic acid groups (broad SMARTS) is 1. The van der Waals surface area contributed by atoms with E-state index >= 15 is 0 Å². The molecular formula is C12H19N5O3. The first-order chi connectivity index (χ1) is 9.60. The van der Waals surface area contributed by atoms with Gasteiger partial charge in [0.25, 0.3) is 0 Å². The van der Waals surface area contributed by atoms with Gasteiger partial charge < -0.3 is 19.9 Å². The maximum absolute atomic E-state index is 12.0. The zero-order valence-electron chi connectivity index (χ0n) is 11.4. The molecule has 1 saturated heterocycles. The summed E-state index contributed by atoms with van der Waals surface area (Å²) in [6.45, 7) is 4.16. The van der Waals surface area contributed by atoms with Gasteiger partial charge in [0.1, 0.15) is 6.33 Å². The Kier molecular flexibility index (Phi) is 4.54. The van der Waals surface area contributed by atoms with E-state index in [1.165, 1.54) is 0 Å². The summed E-state index contributed by atoms with van der Waals surface area (Å²) in [6.07, 6.45) is 2.49. The highest BCUT2D eigenvalue weighted by Gasteiger charge is 2.27. The normalized spacial score (nSPS) is 18.2. The molecule has 110 valence electrons. The number of hydrogen-bond donors (Lipinski definition) is 2. The minimum absolute atomic E-state index is 0.0533. The zero-order valence-corrected chi connectivity index (χ0v) is 11.4. The SMILES string of the molecule is CCn1cnnc1CNC(=O)N1CCC(CC(=O)O)C1. The summed E-state index contributed by atoms with van der Waals surface area (Å²) in [7, 11) is 0. The molecule has 2 amide bonds. The highest BCUT2D eigenvalue weighted by Crippen LogP contribution is 2.19. The fourth-order valence-electron chi connectivity index (χ4n) is 2.38. The van der Waals surface area contributed by atoms with Gasteiger partial charge in [-0.2, -0.15) is 0 Å². The standard InChI is InChI=1S/C12H19N5O3/c1-2-16-8-14-15-10(16)6-13-12(20)17-4-3-9(7-17)5-11(18)19/h8-9H,2-7H2,1H3,(H,13,20)(H,18,19). The lowest BCUT2D eigenvalue weighted by Crippen LogP contribution is -2.38. The molecule has 1 aromatic heterocycles. The molecule has 20 heavy (non-hydrogen) atoms. The van der Waals surface area contributed by atoms with E-state index in [0.29, 0.717) is 25.5 Å². The topological polar surface area (TPSA) is 100 Å². The highest BCUT2D eigenvalue weighted by molar-refractivity contribution is 5.74. The van der Waals surface area contributed by atoms with Crippen LogP contribution >= 0.6 is 0 Å². The van der Waals surface area contributed by atoms with E-state index in [0.717, 1.165) is 13.0 Å². The largest absolute Gasteiger partial charge is 0.481 e. The molecule has 1 aromatic rings. The molecule has 2 rings (SSSR count). The maximum Gasteiger partial charge on any atom is 0.317 e. The number of nitrogens with zero attached hydrogens (tertiary/aromatic N) is 4. The van der Waals surface area contributed by atoms with Crippen LogP contribution in [0.3, 0.4) is 0 Å². The predicted octanol–water partition coefficient (Wildman–Crippen LogP) is 0.304. The van der Waals surface area contributed by atoms with Gasteiger partial charge in [-0.1, -0.05) is 0 Å². The van der Waals surface area contributed by atoms with E-state index in [9.17, 15) is 9.59 Å². The van der Waals surface area contributed by atoms with Crippen molar-refractivity contribution in [1.82, 2.24) is 25.0 Å². The number of carbonyl (C=O) groups is 2. The molecule has 8 nitrogen and oxygen atoms in total. The lowest BCUT2D eigenvalue weighted by molar-refractivity contribution is -0.138. The van der Waals surface area contributed by atoms with Crippen molar-refractivity contribution in [2.24, 2.45) is 5.92 Å². The molecule has 1 fully saturated rings. The predicted molar refractivity (Wildman–Crippen MR) is 69.9 cm³/mol. The molecule has 0 aromatic carbocycles. The average Bonchev–Trinajstić information content (AvgIpc) is 3.03. The Balaban J connectivity index is 1.80. The summed E-state index contributed by atoms with van der Waals surface area (Å²) in [4.78, 5) is 24.3. The Morgan fingerprint density at radius 3 is 3.05 bits per heavy atom. The lowest BCUT2D eigenvalue weighted by Gasteiger charge is -2.17. The van der Waals surface area contributed by atoms with Crippen molar-refractivity contribution >= 4 is 12.0 Å². The van der Waals surface area contributed by atoms with Crippen LogP contribution in [0.1, 0.15) is 25.6 Å². The van der Waals surface area contributed by atoms with E-state index in [1.807, 2.05) is 11.5 Å².